The van der Waals surface area contributed by atoms with E-state index in [9.17, 15) is 38.4 Å². The van der Waals surface area contributed by atoms with E-state index in [1.54, 1.807) is 0 Å². The van der Waals surface area contributed by atoms with Gasteiger partial charge in [-0.05, 0) is 48.6 Å². The smallest absolute Gasteiger partial charge is 0.509 e. The number of benzene rings is 2. The van der Waals surface area contributed by atoms with Gasteiger partial charge in [-0.3, -0.25) is 38.7 Å². The van der Waals surface area contributed by atoms with Gasteiger partial charge in [0, 0.05) is 55.7 Å². The Morgan fingerprint density at radius 3 is 1.36 bits per heavy atom. The van der Waals surface area contributed by atoms with Crippen molar-refractivity contribution in [2.75, 3.05) is 13.2 Å². The van der Waals surface area contributed by atoms with Gasteiger partial charge in [-0.1, -0.05) is 88.4 Å². The monoisotopic (exact) mass is 1000 g/mol. The van der Waals surface area contributed by atoms with E-state index in [1.165, 1.54) is 37.2 Å². The zero-order chi connectivity index (χ0) is 52.3. The molecule has 2 fully saturated rings. The van der Waals surface area contributed by atoms with Gasteiger partial charge in [-0.15, -0.1) is 0 Å². The number of Topliss-reactive ketones (excluding diaryl/α,β-unsaturated/α-hetero) is 2. The molecule has 2 amide bonds. The van der Waals surface area contributed by atoms with Crippen LogP contribution >= 0.6 is 0 Å². The second kappa shape index (κ2) is 27.6. The lowest BCUT2D eigenvalue weighted by atomic mass is 9.64. The lowest BCUT2D eigenvalue weighted by Gasteiger charge is -2.32. The van der Waals surface area contributed by atoms with Crippen molar-refractivity contribution in [3.8, 4) is 0 Å². The molecule has 0 aliphatic carbocycles. The topological polar surface area (TPSA) is 268 Å². The first kappa shape index (κ1) is 55.1. The highest BCUT2D eigenvalue weighted by Crippen LogP contribution is 2.33. The Kier molecular flexibility index (Phi) is 20.8. The van der Waals surface area contributed by atoms with Gasteiger partial charge in [0.2, 0.25) is 0 Å². The minimum Gasteiger partial charge on any atom is -0.509 e. The first-order chi connectivity index (χ1) is 35.1. The molecule has 0 saturated carbocycles. The van der Waals surface area contributed by atoms with Crippen molar-refractivity contribution >= 4 is 61.5 Å². The van der Waals surface area contributed by atoms with E-state index >= 15 is 0 Å². The Labute approximate surface area is 424 Å². The summed E-state index contributed by atoms with van der Waals surface area (Å²) in [6.07, 6.45) is 5.34. The van der Waals surface area contributed by atoms with E-state index in [4.69, 9.17) is 28.1 Å². The molecule has 2 aliphatic heterocycles. The maximum Gasteiger partial charge on any atom is 0.531 e. The highest BCUT2D eigenvalue weighted by molar-refractivity contribution is 6.50. The summed E-state index contributed by atoms with van der Waals surface area (Å²) < 4.78 is 34.0. The lowest BCUT2D eigenvalue weighted by Crippen LogP contribution is -2.48. The molecule has 0 radical (unpaired) electrons. The van der Waals surface area contributed by atoms with Crippen LogP contribution in [-0.4, -0.2) is 119 Å². The third-order valence-electron chi connectivity index (χ3n) is 11.9. The minimum atomic E-state index is -1.36. The van der Waals surface area contributed by atoms with Gasteiger partial charge in [0.25, 0.3) is 23.8 Å². The molecule has 6 atom stereocenters. The highest BCUT2D eigenvalue weighted by atomic mass is 16.7. The second-order valence-corrected chi connectivity index (χ2v) is 18.8. The summed E-state index contributed by atoms with van der Waals surface area (Å²) in [6, 6.07) is 16.3. The first-order valence-corrected chi connectivity index (χ1v) is 24.4. The predicted molar refractivity (Wildman–Crippen MR) is 262 cm³/mol. The number of nitrogens with zero attached hydrogens (tertiary/aromatic N) is 4. The number of hydrogen-bond donors (Lipinski definition) is 2. The fourth-order valence-corrected chi connectivity index (χ4v) is 8.50. The third-order valence-corrected chi connectivity index (χ3v) is 11.9. The van der Waals surface area contributed by atoms with Crippen LogP contribution in [0.2, 0.25) is 11.6 Å². The standard InChI is InChI=1S/C51H60B2N6O14/c1-32(2)22-36(26-42(60)38(24-34-12-7-5-8-13-34)58-48(64)40-30-54-16-18-56-40)52-70-44(28-46(62)72-52)50(66)68-20-11-21-69-51(67)45-29-47(63)73-53(71-45)37(23-33(3)4)27-43(61)39(25-35-14-9-6-10-15-35)59-49(65)41-31-55-17-19-57-41/h5-10,12-19,30-33,36-39,44-45H,11,20-29H2,1-4H3,(H,58,64)(H,59,65)/t36-,37-,38+,39+,44-,45-/m1/s1. The number of nitrogens with one attached hydrogen (secondary N) is 2. The predicted octanol–water partition coefficient (Wildman–Crippen LogP) is 4.52. The summed E-state index contributed by atoms with van der Waals surface area (Å²) in [5, 5.41) is 5.56. The summed E-state index contributed by atoms with van der Waals surface area (Å²) in [7, 11) is -2.56. The van der Waals surface area contributed by atoms with E-state index < -0.39 is 98.7 Å². The highest BCUT2D eigenvalue weighted by Gasteiger charge is 2.47. The Bertz CT molecular complexity index is 2320. The number of amides is 2. The summed E-state index contributed by atoms with van der Waals surface area (Å²) in [5.74, 6) is -6.45. The number of ether oxygens (including phenoxy) is 2. The van der Waals surface area contributed by atoms with Gasteiger partial charge in [-0.25, -0.2) is 19.6 Å². The van der Waals surface area contributed by atoms with Crippen molar-refractivity contribution in [3.63, 3.8) is 0 Å². The number of carbonyl (C=O) groups excluding carboxylic acids is 8. The molecule has 2 aromatic carbocycles. The molecular weight excluding hydrogens is 942 g/mol. The second-order valence-electron chi connectivity index (χ2n) is 18.8. The van der Waals surface area contributed by atoms with E-state index in [2.05, 4.69) is 30.6 Å². The molecule has 2 aromatic heterocycles. The zero-order valence-electron chi connectivity index (χ0n) is 41.3. The Balaban J connectivity index is 1.01. The normalized spacial score (nSPS) is 17.3. The van der Waals surface area contributed by atoms with Gasteiger partial charge >= 0.3 is 26.2 Å². The number of ketones is 2. The Morgan fingerprint density at radius 1 is 0.603 bits per heavy atom. The van der Waals surface area contributed by atoms with Crippen molar-refractivity contribution < 1.29 is 66.4 Å². The fraction of sp³-hybridized carbons (Fsp3) is 0.451. The van der Waals surface area contributed by atoms with Crippen molar-refractivity contribution in [2.24, 2.45) is 11.8 Å². The maximum atomic E-state index is 14.0. The average molecular weight is 1000 g/mol. The SMILES string of the molecule is CC(C)C[C@H](CC(=O)[C@H](Cc1ccccc1)NC(=O)c1cnccn1)B1OC(=O)C[C@H](C(=O)OCCCOC(=O)[C@H]2CC(=O)OB([C@@H](CC(=O)[C@H](Cc3ccccc3)NC(=O)c3cnccn3)CC(C)C)O2)O1. The Morgan fingerprint density at radius 2 is 1.00 bits per heavy atom. The maximum absolute atomic E-state index is 14.0. The molecule has 4 aromatic rings. The van der Waals surface area contributed by atoms with Crippen molar-refractivity contribution in [2.45, 2.75) is 121 Å². The molecule has 22 heteroatoms. The molecule has 6 rings (SSSR count). The van der Waals surface area contributed by atoms with Crippen LogP contribution in [0, 0.1) is 11.8 Å². The quantitative estimate of drug-likeness (QED) is 0.0497. The number of carbonyl (C=O) groups is 8. The van der Waals surface area contributed by atoms with Crippen LogP contribution < -0.4 is 10.6 Å². The van der Waals surface area contributed by atoms with Gasteiger partial charge in [0.05, 0.1) is 50.5 Å². The molecule has 4 heterocycles. The molecule has 2 aliphatic rings. The van der Waals surface area contributed by atoms with Crippen LogP contribution in [0.15, 0.2) is 97.8 Å². The van der Waals surface area contributed by atoms with Gasteiger partial charge in [0.1, 0.15) is 11.4 Å². The van der Waals surface area contributed by atoms with Crippen LogP contribution in [0.1, 0.15) is 105 Å². The molecule has 73 heavy (non-hydrogen) atoms. The van der Waals surface area contributed by atoms with Crippen LogP contribution in [0.4, 0.5) is 0 Å². The van der Waals surface area contributed by atoms with Crippen molar-refractivity contribution in [1.82, 2.24) is 30.6 Å². The molecule has 0 unspecified atom stereocenters. The largest absolute Gasteiger partial charge is 0.531 e. The van der Waals surface area contributed by atoms with Crippen LogP contribution in [0.5, 0.6) is 0 Å². The molecule has 2 saturated heterocycles. The first-order valence-electron chi connectivity index (χ1n) is 24.4. The third kappa shape index (κ3) is 17.5. The van der Waals surface area contributed by atoms with E-state index in [0.29, 0.717) is 12.8 Å². The summed E-state index contributed by atoms with van der Waals surface area (Å²) in [5.41, 5.74) is 1.65. The lowest BCUT2D eigenvalue weighted by molar-refractivity contribution is -0.164. The van der Waals surface area contributed by atoms with E-state index in [0.717, 1.165) is 11.1 Å². The van der Waals surface area contributed by atoms with Gasteiger partial charge in [0.15, 0.2) is 23.8 Å². The van der Waals surface area contributed by atoms with E-state index in [1.807, 2.05) is 88.4 Å². The number of esters is 2. The summed E-state index contributed by atoms with van der Waals surface area (Å²) >= 11 is 0. The van der Waals surface area contributed by atoms with Crippen LogP contribution in [0.3, 0.4) is 0 Å². The van der Waals surface area contributed by atoms with E-state index in [-0.39, 0.29) is 80.1 Å². The summed E-state index contributed by atoms with van der Waals surface area (Å²) in [6.45, 7) is 7.22. The molecule has 20 nitrogen and oxygen atoms in total. The Hall–Kier alpha value is -7.19. The molecule has 0 spiro atoms. The van der Waals surface area contributed by atoms with Crippen LogP contribution in [0.25, 0.3) is 0 Å². The molecule has 384 valence electrons. The van der Waals surface area contributed by atoms with Gasteiger partial charge < -0.3 is 38.7 Å². The molecule has 2 N–H and O–H groups in total. The number of hydrogen-bond acceptors (Lipinski definition) is 18. The zero-order valence-corrected chi connectivity index (χ0v) is 41.3. The van der Waals surface area contributed by atoms with Crippen molar-refractivity contribution in [3.05, 3.63) is 120 Å². The molecule has 0 bridgehead atoms. The minimum absolute atomic E-state index is 0.0124. The number of aromatic nitrogens is 4. The van der Waals surface area contributed by atoms with Gasteiger partial charge in [-0.2, -0.15) is 0 Å². The van der Waals surface area contributed by atoms with Crippen molar-refractivity contribution in [1.29, 1.82) is 0 Å². The molecular formula is C51H60B2N6O14. The average Bonchev–Trinajstić information content (AvgIpc) is 3.38. The number of rotatable bonds is 26. The fourth-order valence-electron chi connectivity index (χ4n) is 8.50. The van der Waals surface area contributed by atoms with Crippen LogP contribution in [-0.2, 0) is 69.7 Å². The summed E-state index contributed by atoms with van der Waals surface area (Å²) in [4.78, 5) is 123.